The Kier molecular flexibility index (Phi) is 6.03. The van der Waals surface area contributed by atoms with Crippen molar-refractivity contribution in [1.82, 2.24) is 9.80 Å². The topological polar surface area (TPSA) is 43.8 Å². The van der Waals surface area contributed by atoms with Crippen LogP contribution in [0.5, 0.6) is 0 Å². The molecule has 1 aliphatic rings. The van der Waals surface area contributed by atoms with Crippen LogP contribution in [0, 0.1) is 5.82 Å². The number of carbonyl (C=O) groups is 1. The third-order valence-corrected chi connectivity index (χ3v) is 4.97. The van der Waals surface area contributed by atoms with Gasteiger partial charge in [0.2, 0.25) is 0 Å². The number of benzene rings is 1. The number of nitrogens with zero attached hydrogens (tertiary/aromatic N) is 2. The van der Waals surface area contributed by atoms with Crippen molar-refractivity contribution in [2.75, 3.05) is 26.7 Å². The van der Waals surface area contributed by atoms with Crippen LogP contribution in [-0.4, -0.2) is 53.6 Å². The second-order valence-corrected chi connectivity index (χ2v) is 6.41. The second kappa shape index (κ2) is 7.59. The van der Waals surface area contributed by atoms with E-state index >= 15 is 0 Å². The van der Waals surface area contributed by atoms with Crippen molar-refractivity contribution in [2.45, 2.75) is 25.4 Å². The molecule has 0 amide bonds. The van der Waals surface area contributed by atoms with E-state index < -0.39 is 11.8 Å². The molecule has 0 aromatic heterocycles. The molecular weight excluding hydrogens is 330 g/mol. The lowest BCUT2D eigenvalue weighted by Crippen LogP contribution is -2.44. The van der Waals surface area contributed by atoms with Gasteiger partial charge in [0, 0.05) is 12.6 Å². The van der Waals surface area contributed by atoms with Crippen LogP contribution in [0.25, 0.3) is 0 Å². The lowest BCUT2D eigenvalue weighted by atomic mass is 10.0. The van der Waals surface area contributed by atoms with Gasteiger partial charge in [-0.25, -0.2) is 4.39 Å². The molecule has 0 radical (unpaired) electrons. The molecule has 1 N–H and O–H groups in total. The molecule has 1 aliphatic heterocycles. The van der Waals surface area contributed by atoms with E-state index in [2.05, 4.69) is 4.90 Å². The Morgan fingerprint density at radius 1 is 1.36 bits per heavy atom. The first-order valence-electron chi connectivity index (χ1n) is 7.15. The highest BCUT2D eigenvalue weighted by molar-refractivity contribution is 6.42. The number of likely N-dealkylation sites (tertiary alicyclic amines) is 1. The molecule has 4 nitrogen and oxygen atoms in total. The molecule has 0 bridgehead atoms. The fraction of sp³-hybridized carbons (Fsp3) is 0.533. The van der Waals surface area contributed by atoms with E-state index in [1.165, 1.54) is 6.07 Å². The molecule has 7 heteroatoms. The first-order valence-corrected chi connectivity index (χ1v) is 7.91. The number of hydrogen-bond acceptors (Lipinski definition) is 3. The summed E-state index contributed by atoms with van der Waals surface area (Å²) >= 11 is 11.9. The lowest BCUT2D eigenvalue weighted by molar-refractivity contribution is -0.138. The maximum absolute atomic E-state index is 13.3. The van der Waals surface area contributed by atoms with Gasteiger partial charge in [0.05, 0.1) is 16.6 Å². The SMILES string of the molecule is CN(CC(=O)O)C1CCN(Cc2ccc(F)c(Cl)c2Cl)CC1. The van der Waals surface area contributed by atoms with Crippen LogP contribution < -0.4 is 0 Å². The minimum absolute atomic E-state index is 0.0322. The number of likely N-dealkylation sites (N-methyl/N-ethyl adjacent to an activating group) is 1. The minimum atomic E-state index is -0.808. The van der Waals surface area contributed by atoms with Gasteiger partial charge in [-0.3, -0.25) is 14.6 Å². The molecule has 1 heterocycles. The maximum Gasteiger partial charge on any atom is 0.317 e. The quantitative estimate of drug-likeness (QED) is 0.830. The number of rotatable bonds is 5. The summed E-state index contributed by atoms with van der Waals surface area (Å²) in [6.07, 6.45) is 1.80. The first-order chi connectivity index (χ1) is 10.4. The largest absolute Gasteiger partial charge is 0.480 e. The van der Waals surface area contributed by atoms with Crippen molar-refractivity contribution >= 4 is 29.2 Å². The standard InChI is InChI=1S/C15H19Cl2FN2O2/c1-19(9-13(21)22)11-4-6-20(7-5-11)8-10-2-3-12(18)15(17)14(10)16/h2-3,11H,4-9H2,1H3,(H,21,22). The second-order valence-electron chi connectivity index (χ2n) is 5.65. The normalized spacial score (nSPS) is 17.1. The average molecular weight is 349 g/mol. The Morgan fingerprint density at radius 2 is 2.00 bits per heavy atom. The Balaban J connectivity index is 1.90. The van der Waals surface area contributed by atoms with Gasteiger partial charge >= 0.3 is 5.97 Å². The Hall–Kier alpha value is -0.880. The number of halogens is 3. The van der Waals surface area contributed by atoms with Crippen molar-refractivity contribution in [3.8, 4) is 0 Å². The molecule has 1 aromatic carbocycles. The molecule has 1 fully saturated rings. The third-order valence-electron chi connectivity index (χ3n) is 4.07. The number of hydrogen-bond donors (Lipinski definition) is 1. The van der Waals surface area contributed by atoms with Crippen LogP contribution in [0.4, 0.5) is 4.39 Å². The highest BCUT2D eigenvalue weighted by Crippen LogP contribution is 2.30. The van der Waals surface area contributed by atoms with Gasteiger partial charge in [0.25, 0.3) is 0 Å². The maximum atomic E-state index is 13.3. The molecule has 0 spiro atoms. The summed E-state index contributed by atoms with van der Waals surface area (Å²) in [5, 5.41) is 9.07. The summed E-state index contributed by atoms with van der Waals surface area (Å²) in [4.78, 5) is 14.8. The van der Waals surface area contributed by atoms with Crippen LogP contribution in [0.2, 0.25) is 10.0 Å². The smallest absolute Gasteiger partial charge is 0.317 e. The number of aliphatic carboxylic acids is 1. The van der Waals surface area contributed by atoms with Gasteiger partial charge in [0.15, 0.2) is 0 Å². The molecule has 22 heavy (non-hydrogen) atoms. The fourth-order valence-electron chi connectivity index (χ4n) is 2.79. The molecule has 0 atom stereocenters. The lowest BCUT2D eigenvalue weighted by Gasteiger charge is -2.36. The zero-order chi connectivity index (χ0) is 16.3. The predicted octanol–water partition coefficient (Wildman–Crippen LogP) is 3.11. The van der Waals surface area contributed by atoms with Crippen molar-refractivity contribution < 1.29 is 14.3 Å². The summed E-state index contributed by atoms with van der Waals surface area (Å²) < 4.78 is 13.3. The van der Waals surface area contributed by atoms with Gasteiger partial charge in [0.1, 0.15) is 5.82 Å². The van der Waals surface area contributed by atoms with Gasteiger partial charge in [-0.1, -0.05) is 29.3 Å². The summed E-state index contributed by atoms with van der Waals surface area (Å²) in [5.74, 6) is -1.32. The highest BCUT2D eigenvalue weighted by atomic mass is 35.5. The van der Waals surface area contributed by atoms with Gasteiger partial charge < -0.3 is 5.11 Å². The highest BCUT2D eigenvalue weighted by Gasteiger charge is 2.24. The summed E-state index contributed by atoms with van der Waals surface area (Å²) in [7, 11) is 1.84. The van der Waals surface area contributed by atoms with Gasteiger partial charge in [-0.2, -0.15) is 0 Å². The van der Waals surface area contributed by atoms with Crippen molar-refractivity contribution in [2.24, 2.45) is 0 Å². The molecule has 2 rings (SSSR count). The van der Waals surface area contributed by atoms with E-state index in [1.807, 2.05) is 11.9 Å². The molecule has 1 saturated heterocycles. The molecule has 122 valence electrons. The van der Waals surface area contributed by atoms with Crippen molar-refractivity contribution in [1.29, 1.82) is 0 Å². The monoisotopic (exact) mass is 348 g/mol. The van der Waals surface area contributed by atoms with E-state index in [0.29, 0.717) is 6.54 Å². The van der Waals surface area contributed by atoms with E-state index in [1.54, 1.807) is 6.07 Å². The third kappa shape index (κ3) is 4.32. The van der Waals surface area contributed by atoms with Gasteiger partial charge in [-0.15, -0.1) is 0 Å². The number of piperidine rings is 1. The molecule has 1 aromatic rings. The van der Waals surface area contributed by atoms with Crippen LogP contribution in [0.3, 0.4) is 0 Å². The van der Waals surface area contributed by atoms with Crippen LogP contribution in [0.15, 0.2) is 12.1 Å². The zero-order valence-electron chi connectivity index (χ0n) is 12.4. The Morgan fingerprint density at radius 3 is 2.59 bits per heavy atom. The Labute approximate surface area is 139 Å². The summed E-state index contributed by atoms with van der Waals surface area (Å²) in [6.45, 7) is 2.37. The summed E-state index contributed by atoms with van der Waals surface area (Å²) in [6, 6.07) is 3.27. The predicted molar refractivity (Wildman–Crippen MR) is 85.0 cm³/mol. The van der Waals surface area contributed by atoms with Crippen LogP contribution in [0.1, 0.15) is 18.4 Å². The number of carboxylic acids is 1. The minimum Gasteiger partial charge on any atom is -0.480 e. The van der Waals surface area contributed by atoms with Crippen molar-refractivity contribution in [3.63, 3.8) is 0 Å². The van der Waals surface area contributed by atoms with E-state index in [4.69, 9.17) is 28.3 Å². The Bertz CT molecular complexity index is 549. The van der Waals surface area contributed by atoms with Crippen LogP contribution in [-0.2, 0) is 11.3 Å². The number of carboxylic acid groups (broad SMARTS) is 1. The first kappa shape index (κ1) is 17.5. The molecular formula is C15H19Cl2FN2O2. The average Bonchev–Trinajstić information content (AvgIpc) is 2.48. The molecule has 0 aliphatic carbocycles. The fourth-order valence-corrected chi connectivity index (χ4v) is 3.19. The molecule has 0 unspecified atom stereocenters. The summed E-state index contributed by atoms with van der Waals surface area (Å²) in [5.41, 5.74) is 0.811. The van der Waals surface area contributed by atoms with E-state index in [9.17, 15) is 9.18 Å². The van der Waals surface area contributed by atoms with E-state index in [-0.39, 0.29) is 22.6 Å². The zero-order valence-corrected chi connectivity index (χ0v) is 13.9. The van der Waals surface area contributed by atoms with Gasteiger partial charge in [-0.05, 0) is 44.6 Å². The van der Waals surface area contributed by atoms with E-state index in [0.717, 1.165) is 31.5 Å². The van der Waals surface area contributed by atoms with Crippen LogP contribution >= 0.6 is 23.2 Å². The molecule has 0 saturated carbocycles. The van der Waals surface area contributed by atoms with Crippen molar-refractivity contribution in [3.05, 3.63) is 33.6 Å².